The first-order valence-electron chi connectivity index (χ1n) is 6.49. The first kappa shape index (κ1) is 15.6. The Bertz CT molecular complexity index is 338. The van der Waals surface area contributed by atoms with Gasteiger partial charge in [-0.05, 0) is 33.2 Å². The van der Waals surface area contributed by atoms with Crippen LogP contribution in [-0.4, -0.2) is 35.6 Å². The molecule has 0 aromatic carbocycles. The SMILES string of the molecule is CN(Cc1cscn1)CC(C)(C)CNC(C)(C)C. The molecule has 1 N–H and O–H groups in total. The number of rotatable bonds is 6. The van der Waals surface area contributed by atoms with E-state index in [0.29, 0.717) is 0 Å². The highest BCUT2D eigenvalue weighted by molar-refractivity contribution is 7.07. The van der Waals surface area contributed by atoms with Crippen molar-refractivity contribution in [3.8, 4) is 0 Å². The van der Waals surface area contributed by atoms with Crippen LogP contribution in [0.1, 0.15) is 40.3 Å². The average molecular weight is 269 g/mol. The summed E-state index contributed by atoms with van der Waals surface area (Å²) >= 11 is 1.66. The molecule has 0 saturated carbocycles. The zero-order valence-electron chi connectivity index (χ0n) is 12.6. The third-order valence-corrected chi connectivity index (χ3v) is 3.35. The van der Waals surface area contributed by atoms with Crippen LogP contribution in [0.4, 0.5) is 0 Å². The maximum Gasteiger partial charge on any atom is 0.0795 e. The zero-order valence-corrected chi connectivity index (χ0v) is 13.4. The van der Waals surface area contributed by atoms with Crippen molar-refractivity contribution < 1.29 is 0 Å². The molecular formula is C14H27N3S. The van der Waals surface area contributed by atoms with Gasteiger partial charge in [-0.2, -0.15) is 0 Å². The number of hydrogen-bond donors (Lipinski definition) is 1. The van der Waals surface area contributed by atoms with Crippen molar-refractivity contribution in [1.29, 1.82) is 0 Å². The number of hydrogen-bond acceptors (Lipinski definition) is 4. The first-order valence-corrected chi connectivity index (χ1v) is 7.43. The van der Waals surface area contributed by atoms with E-state index in [0.717, 1.165) is 19.6 Å². The van der Waals surface area contributed by atoms with Gasteiger partial charge in [0.15, 0.2) is 0 Å². The Kier molecular flexibility index (Phi) is 5.32. The lowest BCUT2D eigenvalue weighted by molar-refractivity contribution is 0.185. The van der Waals surface area contributed by atoms with Gasteiger partial charge in [0.2, 0.25) is 0 Å². The van der Waals surface area contributed by atoms with Crippen LogP contribution in [0.3, 0.4) is 0 Å². The van der Waals surface area contributed by atoms with E-state index >= 15 is 0 Å². The molecule has 0 saturated heterocycles. The summed E-state index contributed by atoms with van der Waals surface area (Å²) < 4.78 is 0. The fraction of sp³-hybridized carbons (Fsp3) is 0.786. The van der Waals surface area contributed by atoms with Gasteiger partial charge in [-0.1, -0.05) is 13.8 Å². The van der Waals surface area contributed by atoms with Gasteiger partial charge in [0.05, 0.1) is 11.2 Å². The normalized spacial score (nSPS) is 13.3. The zero-order chi connectivity index (χ0) is 13.8. The largest absolute Gasteiger partial charge is 0.311 e. The molecule has 0 bridgehead atoms. The van der Waals surface area contributed by atoms with Crippen LogP contribution in [-0.2, 0) is 6.54 Å². The highest BCUT2D eigenvalue weighted by atomic mass is 32.1. The predicted molar refractivity (Wildman–Crippen MR) is 80.0 cm³/mol. The minimum atomic E-state index is 0.185. The minimum absolute atomic E-state index is 0.185. The maximum absolute atomic E-state index is 4.33. The molecule has 0 radical (unpaired) electrons. The third-order valence-electron chi connectivity index (χ3n) is 2.71. The molecule has 0 fully saturated rings. The quantitative estimate of drug-likeness (QED) is 0.860. The lowest BCUT2D eigenvalue weighted by atomic mass is 9.91. The lowest BCUT2D eigenvalue weighted by Gasteiger charge is -2.33. The molecule has 1 heterocycles. The highest BCUT2D eigenvalue weighted by Gasteiger charge is 2.22. The van der Waals surface area contributed by atoms with Crippen LogP contribution >= 0.6 is 11.3 Å². The van der Waals surface area contributed by atoms with Crippen LogP contribution < -0.4 is 5.32 Å². The Hall–Kier alpha value is -0.450. The van der Waals surface area contributed by atoms with Crippen LogP contribution in [0.5, 0.6) is 0 Å². The molecule has 0 unspecified atom stereocenters. The number of thiazole rings is 1. The Morgan fingerprint density at radius 1 is 1.28 bits per heavy atom. The molecule has 1 aromatic heterocycles. The van der Waals surface area contributed by atoms with Crippen molar-refractivity contribution in [1.82, 2.24) is 15.2 Å². The van der Waals surface area contributed by atoms with E-state index in [-0.39, 0.29) is 11.0 Å². The summed E-state index contributed by atoms with van der Waals surface area (Å²) in [6.07, 6.45) is 0. The fourth-order valence-electron chi connectivity index (χ4n) is 1.94. The minimum Gasteiger partial charge on any atom is -0.311 e. The second-order valence-corrected chi connectivity index (χ2v) is 7.64. The lowest BCUT2D eigenvalue weighted by Crippen LogP contribution is -2.45. The molecule has 0 aliphatic carbocycles. The van der Waals surface area contributed by atoms with E-state index in [1.807, 2.05) is 5.51 Å². The van der Waals surface area contributed by atoms with Crippen LogP contribution in [0, 0.1) is 5.41 Å². The van der Waals surface area contributed by atoms with Crippen molar-refractivity contribution in [2.24, 2.45) is 5.41 Å². The van der Waals surface area contributed by atoms with E-state index in [1.165, 1.54) is 5.69 Å². The van der Waals surface area contributed by atoms with Crippen LogP contribution in [0.25, 0.3) is 0 Å². The molecule has 0 atom stereocenters. The third kappa shape index (κ3) is 6.47. The number of nitrogens with one attached hydrogen (secondary N) is 1. The summed E-state index contributed by atoms with van der Waals surface area (Å²) in [5.74, 6) is 0. The first-order chi connectivity index (χ1) is 8.18. The maximum atomic E-state index is 4.33. The second kappa shape index (κ2) is 6.13. The number of nitrogens with zero attached hydrogens (tertiary/aromatic N) is 2. The standard InChI is InChI=1S/C14H27N3S/c1-13(2,3)16-9-14(4,5)10-17(6)7-12-8-18-11-15-12/h8,11,16H,7,9-10H2,1-6H3. The predicted octanol–water partition coefficient (Wildman–Crippen LogP) is 2.99. The molecule has 3 nitrogen and oxygen atoms in total. The van der Waals surface area contributed by atoms with E-state index in [4.69, 9.17) is 0 Å². The van der Waals surface area contributed by atoms with Crippen molar-refractivity contribution in [2.75, 3.05) is 20.1 Å². The second-order valence-electron chi connectivity index (χ2n) is 6.92. The van der Waals surface area contributed by atoms with Gasteiger partial charge in [0.1, 0.15) is 0 Å². The Labute approximate surface area is 116 Å². The summed E-state index contributed by atoms with van der Waals surface area (Å²) in [5, 5.41) is 5.71. The molecule has 4 heteroatoms. The van der Waals surface area contributed by atoms with E-state index in [1.54, 1.807) is 11.3 Å². The summed E-state index contributed by atoms with van der Waals surface area (Å²) in [7, 11) is 2.16. The molecule has 18 heavy (non-hydrogen) atoms. The van der Waals surface area contributed by atoms with Crippen LogP contribution in [0.15, 0.2) is 10.9 Å². The van der Waals surface area contributed by atoms with Crippen molar-refractivity contribution in [2.45, 2.75) is 46.7 Å². The van der Waals surface area contributed by atoms with Crippen molar-refractivity contribution in [3.63, 3.8) is 0 Å². The van der Waals surface area contributed by atoms with E-state index in [2.05, 4.69) is 62.2 Å². The summed E-state index contributed by atoms with van der Waals surface area (Å²) in [5.41, 5.74) is 3.51. The Morgan fingerprint density at radius 2 is 1.94 bits per heavy atom. The van der Waals surface area contributed by atoms with Gasteiger partial charge in [0, 0.05) is 30.6 Å². The fourth-order valence-corrected chi connectivity index (χ4v) is 2.49. The van der Waals surface area contributed by atoms with Gasteiger partial charge < -0.3 is 5.32 Å². The molecule has 1 aromatic rings. The summed E-state index contributed by atoms with van der Waals surface area (Å²) in [4.78, 5) is 6.68. The van der Waals surface area contributed by atoms with Crippen LogP contribution in [0.2, 0.25) is 0 Å². The highest BCUT2D eigenvalue weighted by Crippen LogP contribution is 2.18. The molecule has 0 spiro atoms. The number of aromatic nitrogens is 1. The van der Waals surface area contributed by atoms with Gasteiger partial charge in [-0.25, -0.2) is 4.98 Å². The Balaban J connectivity index is 2.39. The topological polar surface area (TPSA) is 28.2 Å². The van der Waals surface area contributed by atoms with Crippen molar-refractivity contribution >= 4 is 11.3 Å². The molecule has 0 aliphatic heterocycles. The van der Waals surface area contributed by atoms with E-state index in [9.17, 15) is 0 Å². The van der Waals surface area contributed by atoms with Gasteiger partial charge in [-0.3, -0.25) is 4.90 Å². The van der Waals surface area contributed by atoms with Gasteiger partial charge in [-0.15, -0.1) is 11.3 Å². The molecule has 104 valence electrons. The molecule has 1 rings (SSSR count). The molecule has 0 aliphatic rings. The Morgan fingerprint density at radius 3 is 2.44 bits per heavy atom. The van der Waals surface area contributed by atoms with E-state index < -0.39 is 0 Å². The average Bonchev–Trinajstić information content (AvgIpc) is 2.65. The monoisotopic (exact) mass is 269 g/mol. The van der Waals surface area contributed by atoms with Gasteiger partial charge >= 0.3 is 0 Å². The molecule has 0 amide bonds. The van der Waals surface area contributed by atoms with Gasteiger partial charge in [0.25, 0.3) is 0 Å². The molecular weight excluding hydrogens is 242 g/mol. The summed E-state index contributed by atoms with van der Waals surface area (Å²) in [6, 6.07) is 0. The smallest absolute Gasteiger partial charge is 0.0795 e. The van der Waals surface area contributed by atoms with Crippen molar-refractivity contribution in [3.05, 3.63) is 16.6 Å². The summed E-state index contributed by atoms with van der Waals surface area (Å²) in [6.45, 7) is 14.3.